The summed E-state index contributed by atoms with van der Waals surface area (Å²) in [6, 6.07) is 11.1. The van der Waals surface area contributed by atoms with Gasteiger partial charge in [-0.05, 0) is 48.9 Å². The summed E-state index contributed by atoms with van der Waals surface area (Å²) in [4.78, 5) is 11.9. The van der Waals surface area contributed by atoms with Gasteiger partial charge in [0.25, 0.3) is 0 Å². The Morgan fingerprint density at radius 2 is 1.96 bits per heavy atom. The van der Waals surface area contributed by atoms with E-state index in [4.69, 9.17) is 16.3 Å². The van der Waals surface area contributed by atoms with E-state index in [1.165, 1.54) is 19.2 Å². The Kier molecular flexibility index (Phi) is 5.82. The normalized spacial score (nSPS) is 11.1. The second kappa shape index (κ2) is 7.65. The number of benzene rings is 2. The zero-order valence-corrected chi connectivity index (χ0v) is 14.7. The highest BCUT2D eigenvalue weighted by Gasteiger charge is 2.16. The molecule has 2 aromatic carbocycles. The van der Waals surface area contributed by atoms with Crippen LogP contribution in [0.5, 0.6) is 5.75 Å². The van der Waals surface area contributed by atoms with E-state index in [0.717, 1.165) is 0 Å². The van der Waals surface area contributed by atoms with Crippen molar-refractivity contribution in [3.8, 4) is 5.75 Å². The molecule has 128 valence electrons. The maximum absolute atomic E-state index is 12.2. The van der Waals surface area contributed by atoms with Crippen LogP contribution in [0.25, 0.3) is 0 Å². The molecule has 2 aromatic rings. The van der Waals surface area contributed by atoms with Gasteiger partial charge in [-0.15, -0.1) is 0 Å². The molecule has 0 unspecified atom stereocenters. The third kappa shape index (κ3) is 4.70. The zero-order valence-electron chi connectivity index (χ0n) is 13.2. The molecule has 0 heterocycles. The maximum atomic E-state index is 12.2. The molecule has 0 saturated heterocycles. The van der Waals surface area contributed by atoms with Gasteiger partial charge < -0.3 is 10.1 Å². The number of hydrogen-bond acceptors (Lipinski definition) is 4. The smallest absolute Gasteiger partial charge is 0.241 e. The Bertz CT molecular complexity index is 853. The Morgan fingerprint density at radius 1 is 1.21 bits per heavy atom. The predicted octanol–water partition coefficient (Wildman–Crippen LogP) is 2.57. The number of carbonyl (C=O) groups excluding carboxylic acids is 1. The van der Waals surface area contributed by atoms with Gasteiger partial charge in [0.2, 0.25) is 15.9 Å². The third-order valence-electron chi connectivity index (χ3n) is 3.21. The van der Waals surface area contributed by atoms with E-state index in [-0.39, 0.29) is 11.4 Å². The molecule has 0 aromatic heterocycles. The van der Waals surface area contributed by atoms with Crippen molar-refractivity contribution >= 4 is 33.2 Å². The number of anilines is 1. The van der Waals surface area contributed by atoms with Crippen molar-refractivity contribution in [3.05, 3.63) is 53.1 Å². The lowest BCUT2D eigenvalue weighted by molar-refractivity contribution is -0.115. The highest BCUT2D eigenvalue weighted by atomic mass is 35.5. The molecular formula is C16H17ClN2O4S. The number of nitrogens with one attached hydrogen (secondary N) is 2. The number of halogens is 1. The summed E-state index contributed by atoms with van der Waals surface area (Å²) in [5.74, 6) is 0.0960. The van der Waals surface area contributed by atoms with Crippen LogP contribution in [0.1, 0.15) is 5.56 Å². The second-order valence-corrected chi connectivity index (χ2v) is 7.22. The molecule has 6 nitrogen and oxygen atoms in total. The van der Waals surface area contributed by atoms with Gasteiger partial charge in [0, 0.05) is 10.7 Å². The van der Waals surface area contributed by atoms with E-state index >= 15 is 0 Å². The van der Waals surface area contributed by atoms with E-state index in [1.54, 1.807) is 37.3 Å². The Hall–Kier alpha value is -2.09. The van der Waals surface area contributed by atoms with Gasteiger partial charge >= 0.3 is 0 Å². The third-order valence-corrected chi connectivity index (χ3v) is 4.84. The highest BCUT2D eigenvalue weighted by Crippen LogP contribution is 2.21. The summed E-state index contributed by atoms with van der Waals surface area (Å²) >= 11 is 5.82. The molecule has 0 aliphatic heterocycles. The second-order valence-electron chi connectivity index (χ2n) is 5.01. The molecule has 0 atom stereocenters. The largest absolute Gasteiger partial charge is 0.496 e. The van der Waals surface area contributed by atoms with Crippen molar-refractivity contribution in [1.82, 2.24) is 4.72 Å². The van der Waals surface area contributed by atoms with Gasteiger partial charge in [0.15, 0.2) is 0 Å². The summed E-state index contributed by atoms with van der Waals surface area (Å²) in [5, 5.41) is 3.04. The van der Waals surface area contributed by atoms with Crippen molar-refractivity contribution in [2.45, 2.75) is 11.8 Å². The number of ether oxygens (including phenoxy) is 1. The average molecular weight is 369 g/mol. The van der Waals surface area contributed by atoms with Gasteiger partial charge in [-0.1, -0.05) is 17.7 Å². The quantitative estimate of drug-likeness (QED) is 0.820. The predicted molar refractivity (Wildman–Crippen MR) is 93.0 cm³/mol. The van der Waals surface area contributed by atoms with Crippen LogP contribution in [0, 0.1) is 6.92 Å². The lowest BCUT2D eigenvalue weighted by Gasteiger charge is -2.10. The van der Waals surface area contributed by atoms with Crippen LogP contribution in [0.4, 0.5) is 5.69 Å². The molecule has 1 amide bonds. The lowest BCUT2D eigenvalue weighted by Crippen LogP contribution is -2.32. The van der Waals surface area contributed by atoms with Gasteiger partial charge in [0.1, 0.15) is 5.75 Å². The number of aryl methyl sites for hydroxylation is 1. The molecule has 0 radical (unpaired) electrons. The summed E-state index contributed by atoms with van der Waals surface area (Å²) in [6.45, 7) is 1.35. The Morgan fingerprint density at radius 3 is 2.58 bits per heavy atom. The molecule has 0 aliphatic carbocycles. The number of amides is 1. The first-order valence-electron chi connectivity index (χ1n) is 7.01. The molecule has 24 heavy (non-hydrogen) atoms. The highest BCUT2D eigenvalue weighted by molar-refractivity contribution is 7.89. The summed E-state index contributed by atoms with van der Waals surface area (Å²) < 4.78 is 31.8. The zero-order chi connectivity index (χ0) is 17.7. The first-order valence-corrected chi connectivity index (χ1v) is 8.87. The fourth-order valence-electron chi connectivity index (χ4n) is 2.03. The van der Waals surface area contributed by atoms with Crippen LogP contribution < -0.4 is 14.8 Å². The number of methoxy groups -OCH3 is 1. The van der Waals surface area contributed by atoms with Crippen LogP contribution in [0.2, 0.25) is 5.02 Å². The molecule has 0 saturated carbocycles. The summed E-state index contributed by atoms with van der Waals surface area (Å²) in [7, 11) is -2.29. The summed E-state index contributed by atoms with van der Waals surface area (Å²) in [5.41, 5.74) is 1.18. The van der Waals surface area contributed by atoms with Crippen molar-refractivity contribution in [2.75, 3.05) is 19.0 Å². The molecule has 0 fully saturated rings. The van der Waals surface area contributed by atoms with Crippen LogP contribution in [-0.2, 0) is 14.8 Å². The Balaban J connectivity index is 2.02. The minimum Gasteiger partial charge on any atom is -0.496 e. The van der Waals surface area contributed by atoms with Crippen LogP contribution >= 0.6 is 11.6 Å². The lowest BCUT2D eigenvalue weighted by atomic mass is 10.2. The van der Waals surface area contributed by atoms with E-state index in [2.05, 4.69) is 10.0 Å². The van der Waals surface area contributed by atoms with Crippen LogP contribution in [0.15, 0.2) is 47.4 Å². The van der Waals surface area contributed by atoms with Crippen molar-refractivity contribution in [3.63, 3.8) is 0 Å². The van der Waals surface area contributed by atoms with Crippen molar-refractivity contribution < 1.29 is 17.9 Å². The first kappa shape index (κ1) is 18.3. The van der Waals surface area contributed by atoms with E-state index < -0.39 is 15.9 Å². The molecule has 8 heteroatoms. The summed E-state index contributed by atoms with van der Waals surface area (Å²) in [6.07, 6.45) is 0. The maximum Gasteiger partial charge on any atom is 0.241 e. The number of hydrogen-bond donors (Lipinski definition) is 2. The van der Waals surface area contributed by atoms with Crippen LogP contribution in [-0.4, -0.2) is 28.0 Å². The fourth-order valence-corrected chi connectivity index (χ4v) is 3.29. The molecule has 0 bridgehead atoms. The Labute approximate surface area is 145 Å². The molecular weight excluding hydrogens is 352 g/mol. The minimum absolute atomic E-state index is 0.0661. The fraction of sp³-hybridized carbons (Fsp3) is 0.188. The van der Waals surface area contributed by atoms with Gasteiger partial charge in [-0.2, -0.15) is 0 Å². The van der Waals surface area contributed by atoms with Crippen molar-refractivity contribution in [2.24, 2.45) is 0 Å². The number of sulfonamides is 1. The minimum atomic E-state index is -3.80. The van der Waals surface area contributed by atoms with E-state index in [9.17, 15) is 13.2 Å². The average Bonchev–Trinajstić information content (AvgIpc) is 2.53. The SMILES string of the molecule is COc1ccc(S(=O)(=O)NCC(=O)Nc2cccc(Cl)c2)cc1C. The number of rotatable bonds is 6. The molecule has 2 N–H and O–H groups in total. The standard InChI is InChI=1S/C16H17ClN2O4S/c1-11-8-14(6-7-15(11)23-2)24(21,22)18-10-16(20)19-13-5-3-4-12(17)9-13/h3-9,18H,10H2,1-2H3,(H,19,20). The molecule has 0 aliphatic rings. The van der Waals surface area contributed by atoms with Crippen LogP contribution in [0.3, 0.4) is 0 Å². The monoisotopic (exact) mass is 368 g/mol. The van der Waals surface area contributed by atoms with Gasteiger partial charge in [-0.3, -0.25) is 4.79 Å². The van der Waals surface area contributed by atoms with Crippen molar-refractivity contribution in [1.29, 1.82) is 0 Å². The van der Waals surface area contributed by atoms with E-state index in [0.29, 0.717) is 22.0 Å². The van der Waals surface area contributed by atoms with Gasteiger partial charge in [-0.25, -0.2) is 13.1 Å². The molecule has 2 rings (SSSR count). The topological polar surface area (TPSA) is 84.5 Å². The first-order chi connectivity index (χ1) is 11.3. The van der Waals surface area contributed by atoms with Gasteiger partial charge in [0.05, 0.1) is 18.6 Å². The molecule has 0 spiro atoms. The van der Waals surface area contributed by atoms with E-state index in [1.807, 2.05) is 0 Å². The number of carbonyl (C=O) groups is 1.